The van der Waals surface area contributed by atoms with Gasteiger partial charge in [0, 0.05) is 0 Å². The summed E-state index contributed by atoms with van der Waals surface area (Å²) in [5.74, 6) is -7.66. The average Bonchev–Trinajstić information content (AvgIpc) is 3.33. The zero-order valence-corrected chi connectivity index (χ0v) is 38.0. The van der Waals surface area contributed by atoms with Crippen molar-refractivity contribution in [2.75, 3.05) is 52.9 Å². The Bertz CT molecular complexity index is 2270. The standard InChI is InChI=1S/C46H52N2O22/c1-29(45(55)65-25-41(51)61-17-3-5-19-67-47(57)58)31-7-9-35-23-37(13-11-33(35)21-31)69-43(53)27-63-39(49)15-16-40(50)64-28-44(54)70-38-14-12-34-22-32(8-10-36(34)24-38)30(2)46(56)66-26-42(52)62-18-4-6-20-68-48(59)60/h7-14,21-24,29-30,57-60H,3-6,15-20,25-28H2,1-2H3. The van der Waals surface area contributed by atoms with Gasteiger partial charge in [-0.1, -0.05) is 48.5 Å². The van der Waals surface area contributed by atoms with Gasteiger partial charge in [0.1, 0.15) is 11.5 Å². The number of hydrogen-bond donors (Lipinski definition) is 4. The molecule has 0 saturated carbocycles. The zero-order valence-electron chi connectivity index (χ0n) is 38.0. The summed E-state index contributed by atoms with van der Waals surface area (Å²) in [4.78, 5) is 107. The van der Waals surface area contributed by atoms with Crippen LogP contribution in [-0.2, 0) is 76.5 Å². The van der Waals surface area contributed by atoms with Crippen molar-refractivity contribution in [1.29, 1.82) is 0 Å². The van der Waals surface area contributed by atoms with Gasteiger partial charge in [-0.15, -0.1) is 0 Å². The smallest absolute Gasteiger partial charge is 0.349 e. The van der Waals surface area contributed by atoms with Crippen molar-refractivity contribution in [2.24, 2.45) is 0 Å². The maximum atomic E-state index is 12.6. The monoisotopic (exact) mass is 984 g/mol. The molecule has 70 heavy (non-hydrogen) atoms. The highest BCUT2D eigenvalue weighted by atomic mass is 17.1. The van der Waals surface area contributed by atoms with Crippen molar-refractivity contribution in [3.8, 4) is 11.5 Å². The van der Waals surface area contributed by atoms with Crippen molar-refractivity contribution in [3.05, 3.63) is 83.9 Å². The molecule has 24 heteroatoms. The van der Waals surface area contributed by atoms with E-state index in [9.17, 15) is 38.4 Å². The fourth-order valence-corrected chi connectivity index (χ4v) is 6.04. The van der Waals surface area contributed by atoms with E-state index in [0.29, 0.717) is 58.4 Å². The highest BCUT2D eigenvalue weighted by Gasteiger charge is 2.21. The van der Waals surface area contributed by atoms with Gasteiger partial charge >= 0.3 is 47.8 Å². The lowest BCUT2D eigenvalue weighted by Crippen LogP contribution is -2.21. The van der Waals surface area contributed by atoms with E-state index in [0.717, 1.165) is 0 Å². The van der Waals surface area contributed by atoms with Crippen LogP contribution in [0.2, 0.25) is 0 Å². The van der Waals surface area contributed by atoms with E-state index in [2.05, 4.69) is 9.68 Å². The Hall–Kier alpha value is -7.16. The fourth-order valence-electron chi connectivity index (χ4n) is 6.04. The summed E-state index contributed by atoms with van der Waals surface area (Å²) >= 11 is 0. The molecule has 378 valence electrons. The maximum absolute atomic E-state index is 12.6. The number of nitrogens with zero attached hydrogens (tertiary/aromatic N) is 2. The molecule has 0 aromatic heterocycles. The van der Waals surface area contributed by atoms with Gasteiger partial charge in [0.15, 0.2) is 26.4 Å². The molecule has 4 aromatic carbocycles. The Labute approximate surface area is 398 Å². The lowest BCUT2D eigenvalue weighted by Gasteiger charge is -2.13. The van der Waals surface area contributed by atoms with E-state index in [1.165, 1.54) is 12.1 Å². The number of rotatable bonds is 29. The number of hydrogen-bond acceptors (Lipinski definition) is 24. The second-order valence-electron chi connectivity index (χ2n) is 15.0. The largest absolute Gasteiger partial charge is 0.463 e. The molecule has 4 aromatic rings. The van der Waals surface area contributed by atoms with E-state index in [4.69, 9.17) is 58.7 Å². The van der Waals surface area contributed by atoms with Gasteiger partial charge in [0.25, 0.3) is 0 Å². The quantitative estimate of drug-likeness (QED) is 0.0193. The molecule has 0 heterocycles. The summed E-state index contributed by atoms with van der Waals surface area (Å²) in [7, 11) is 0. The molecule has 0 aliphatic rings. The Morgan fingerprint density at radius 1 is 0.414 bits per heavy atom. The van der Waals surface area contributed by atoms with Crippen LogP contribution in [0, 0.1) is 0 Å². The summed E-state index contributed by atoms with van der Waals surface area (Å²) in [6.45, 7) is 0.511. The number of ether oxygens (including phenoxy) is 8. The van der Waals surface area contributed by atoms with Crippen molar-refractivity contribution in [2.45, 2.75) is 64.2 Å². The van der Waals surface area contributed by atoms with Crippen LogP contribution in [-0.4, -0.2) is 132 Å². The molecule has 4 N–H and O–H groups in total. The summed E-state index contributed by atoms with van der Waals surface area (Å²) in [6.07, 6.45) is 0.582. The minimum Gasteiger partial charge on any atom is -0.463 e. The number of benzene rings is 4. The van der Waals surface area contributed by atoms with Crippen molar-refractivity contribution in [1.82, 2.24) is 10.8 Å². The number of fused-ring (bicyclic) bond motifs is 2. The minimum atomic E-state index is -0.906. The molecule has 0 spiro atoms. The molecule has 24 nitrogen and oxygen atoms in total. The van der Waals surface area contributed by atoms with E-state index >= 15 is 0 Å². The van der Waals surface area contributed by atoms with Gasteiger partial charge in [0.2, 0.25) is 0 Å². The molecular formula is C46H52N2O22. The average molecular weight is 985 g/mol. The third-order valence-electron chi connectivity index (χ3n) is 9.76. The van der Waals surface area contributed by atoms with Gasteiger partial charge in [-0.2, -0.15) is 0 Å². The zero-order chi connectivity index (χ0) is 51.0. The van der Waals surface area contributed by atoms with E-state index in [-0.39, 0.29) is 37.9 Å². The molecule has 0 fully saturated rings. The molecular weight excluding hydrogens is 932 g/mol. The SMILES string of the molecule is CC(C(=O)OCC(=O)OCCCCON(O)O)c1ccc2cc(OC(=O)COC(=O)CCC(=O)OCC(=O)Oc3ccc4cc(C(C)C(=O)OCC(=O)OCCCCON(O)O)ccc4c3)ccc2c1. The molecule has 0 amide bonds. The van der Waals surface area contributed by atoms with Crippen molar-refractivity contribution in [3.63, 3.8) is 0 Å². The van der Waals surface area contributed by atoms with Crippen LogP contribution >= 0.6 is 0 Å². The Morgan fingerprint density at radius 2 is 0.757 bits per heavy atom. The maximum Gasteiger partial charge on any atom is 0.349 e. The van der Waals surface area contributed by atoms with Crippen LogP contribution in [0.5, 0.6) is 11.5 Å². The number of esters is 8. The Morgan fingerprint density at radius 3 is 1.14 bits per heavy atom. The second-order valence-corrected chi connectivity index (χ2v) is 15.0. The predicted octanol–water partition coefficient (Wildman–Crippen LogP) is 4.33. The number of carbonyl (C=O) groups is 8. The lowest BCUT2D eigenvalue weighted by molar-refractivity contribution is -0.492. The van der Waals surface area contributed by atoms with Gasteiger partial charge in [-0.05, 0) is 96.5 Å². The Kier molecular flexibility index (Phi) is 23.0. The van der Waals surface area contributed by atoms with Crippen LogP contribution in [0.1, 0.15) is 75.3 Å². The summed E-state index contributed by atoms with van der Waals surface area (Å²) in [6, 6.07) is 19.5. The topological polar surface area (TPSA) is 316 Å². The van der Waals surface area contributed by atoms with E-state index in [1.54, 1.807) is 74.5 Å². The first-order valence-electron chi connectivity index (χ1n) is 21.5. The molecule has 2 unspecified atom stereocenters. The molecule has 4 rings (SSSR count). The van der Waals surface area contributed by atoms with E-state index in [1.807, 2.05) is 0 Å². The van der Waals surface area contributed by atoms with Gasteiger partial charge < -0.3 is 37.9 Å². The first-order chi connectivity index (χ1) is 33.5. The van der Waals surface area contributed by atoms with Gasteiger partial charge in [-0.3, -0.25) is 49.7 Å². The Balaban J connectivity index is 1.10. The first-order valence-corrected chi connectivity index (χ1v) is 21.5. The molecule has 0 aliphatic heterocycles. The molecule has 2 atom stereocenters. The third kappa shape index (κ3) is 20.2. The first kappa shape index (κ1) is 55.4. The second kappa shape index (κ2) is 29.0. The van der Waals surface area contributed by atoms with Gasteiger partial charge in [0.05, 0.1) is 61.9 Å². The number of carbonyl (C=O) groups excluding carboxylic acids is 8. The minimum absolute atomic E-state index is 0.00763. The van der Waals surface area contributed by atoms with Crippen LogP contribution in [0.15, 0.2) is 72.8 Å². The number of unbranched alkanes of at least 4 members (excludes halogenated alkanes) is 2. The predicted molar refractivity (Wildman–Crippen MR) is 232 cm³/mol. The van der Waals surface area contributed by atoms with E-state index < -0.39 is 110 Å². The van der Waals surface area contributed by atoms with Crippen LogP contribution < -0.4 is 9.47 Å². The summed E-state index contributed by atoms with van der Waals surface area (Å²) in [5, 5.41) is 35.7. The van der Waals surface area contributed by atoms with Crippen LogP contribution in [0.4, 0.5) is 0 Å². The lowest BCUT2D eigenvalue weighted by atomic mass is 9.98. The fraction of sp³-hybridized carbons (Fsp3) is 0.391. The summed E-state index contributed by atoms with van der Waals surface area (Å²) < 4.78 is 40.5. The third-order valence-corrected chi connectivity index (χ3v) is 9.76. The molecule has 0 saturated heterocycles. The van der Waals surface area contributed by atoms with Crippen LogP contribution in [0.3, 0.4) is 0 Å². The normalized spacial score (nSPS) is 11.9. The van der Waals surface area contributed by atoms with Crippen molar-refractivity contribution < 1.29 is 107 Å². The van der Waals surface area contributed by atoms with Gasteiger partial charge in [-0.25, -0.2) is 19.2 Å². The van der Waals surface area contributed by atoms with Crippen molar-refractivity contribution >= 4 is 69.3 Å². The van der Waals surface area contributed by atoms with Crippen LogP contribution in [0.25, 0.3) is 21.5 Å². The molecule has 0 bridgehead atoms. The molecule has 0 aliphatic carbocycles. The molecule has 0 radical (unpaired) electrons. The summed E-state index contributed by atoms with van der Waals surface area (Å²) in [5.41, 5.74) is 1.17. The highest BCUT2D eigenvalue weighted by molar-refractivity contribution is 5.90. The highest BCUT2D eigenvalue weighted by Crippen LogP contribution is 2.28.